The minimum absolute atomic E-state index is 0.980. The van der Waals surface area contributed by atoms with Crippen molar-refractivity contribution in [3.05, 3.63) is 83.9 Å². The van der Waals surface area contributed by atoms with Crippen LogP contribution in [0.2, 0.25) is 0 Å². The average Bonchev–Trinajstić information content (AvgIpc) is 3.01. The van der Waals surface area contributed by atoms with E-state index in [1.54, 1.807) is 0 Å². The van der Waals surface area contributed by atoms with Gasteiger partial charge in [0.1, 0.15) is 11.2 Å². The van der Waals surface area contributed by atoms with Crippen molar-refractivity contribution in [2.45, 2.75) is 13.8 Å². The summed E-state index contributed by atoms with van der Waals surface area (Å²) in [5.41, 5.74) is 6.92. The molecule has 0 spiro atoms. The van der Waals surface area contributed by atoms with Crippen molar-refractivity contribution in [2.75, 3.05) is 0 Å². The Morgan fingerprint density at radius 2 is 1.28 bits per heavy atom. The minimum Gasteiger partial charge on any atom is -0.455 e. The molecule has 0 aliphatic rings. The number of benzene rings is 4. The molecule has 0 aliphatic carbocycles. The lowest BCUT2D eigenvalue weighted by atomic mass is 9.94. The highest BCUT2D eigenvalue weighted by Gasteiger charge is 2.16. The molecule has 1 aromatic heterocycles. The first kappa shape index (κ1) is 14.3. The zero-order valence-corrected chi connectivity index (χ0v) is 14.3. The SMILES string of the molecule is Cc1ccccc1-c1c(C)ccc2c1oc1c3ccccc3ccc21. The van der Waals surface area contributed by atoms with Crippen LogP contribution in [-0.2, 0) is 0 Å². The molecule has 5 aromatic rings. The van der Waals surface area contributed by atoms with Crippen LogP contribution in [0.15, 0.2) is 77.2 Å². The van der Waals surface area contributed by atoms with Gasteiger partial charge in [0.2, 0.25) is 0 Å². The van der Waals surface area contributed by atoms with Crippen LogP contribution in [0.4, 0.5) is 0 Å². The highest BCUT2D eigenvalue weighted by molar-refractivity contribution is 6.17. The second-order valence-electron chi connectivity index (χ2n) is 6.71. The monoisotopic (exact) mass is 322 g/mol. The molecule has 0 atom stereocenters. The Bertz CT molecular complexity index is 1260. The number of aryl methyl sites for hydroxylation is 2. The Morgan fingerprint density at radius 3 is 2.16 bits per heavy atom. The Hall–Kier alpha value is -3.06. The summed E-state index contributed by atoms with van der Waals surface area (Å²) < 4.78 is 6.49. The van der Waals surface area contributed by atoms with E-state index < -0.39 is 0 Å². The van der Waals surface area contributed by atoms with E-state index >= 15 is 0 Å². The number of fused-ring (bicyclic) bond motifs is 5. The van der Waals surface area contributed by atoms with Crippen molar-refractivity contribution in [2.24, 2.45) is 0 Å². The summed E-state index contributed by atoms with van der Waals surface area (Å²) in [5, 5.41) is 4.75. The van der Waals surface area contributed by atoms with E-state index in [1.807, 2.05) is 0 Å². The lowest BCUT2D eigenvalue weighted by molar-refractivity contribution is 0.673. The molecule has 0 radical (unpaired) electrons. The topological polar surface area (TPSA) is 13.1 Å². The Balaban J connectivity index is 1.98. The number of rotatable bonds is 1. The largest absolute Gasteiger partial charge is 0.455 e. The van der Waals surface area contributed by atoms with Gasteiger partial charge < -0.3 is 4.42 Å². The molecule has 0 amide bonds. The summed E-state index contributed by atoms with van der Waals surface area (Å²) in [6.45, 7) is 4.32. The standard InChI is InChI=1S/C24H18O/c1-15-7-3-5-9-18(15)22-16(2)11-13-21-20-14-12-17-8-4-6-10-19(17)23(20)25-24(21)22/h3-14H,1-2H3. The first-order valence-electron chi connectivity index (χ1n) is 8.63. The smallest absolute Gasteiger partial charge is 0.143 e. The van der Waals surface area contributed by atoms with E-state index in [0.29, 0.717) is 0 Å². The fourth-order valence-corrected chi connectivity index (χ4v) is 3.85. The lowest BCUT2D eigenvalue weighted by Gasteiger charge is -2.09. The van der Waals surface area contributed by atoms with Gasteiger partial charge in [0.25, 0.3) is 0 Å². The van der Waals surface area contributed by atoms with Crippen molar-refractivity contribution in [3.63, 3.8) is 0 Å². The first-order chi connectivity index (χ1) is 12.2. The summed E-state index contributed by atoms with van der Waals surface area (Å²) in [7, 11) is 0. The van der Waals surface area contributed by atoms with E-state index in [1.165, 1.54) is 43.8 Å². The molecule has 0 saturated carbocycles. The van der Waals surface area contributed by atoms with Gasteiger partial charge in [-0.2, -0.15) is 0 Å². The van der Waals surface area contributed by atoms with Crippen LogP contribution in [-0.4, -0.2) is 0 Å². The Morgan fingerprint density at radius 1 is 0.560 bits per heavy atom. The molecule has 4 aromatic carbocycles. The normalized spacial score (nSPS) is 11.6. The second kappa shape index (κ2) is 5.22. The fraction of sp³-hybridized carbons (Fsp3) is 0.0833. The lowest BCUT2D eigenvalue weighted by Crippen LogP contribution is -1.87. The molecule has 0 unspecified atom stereocenters. The molecule has 5 rings (SSSR count). The minimum atomic E-state index is 0.980. The van der Waals surface area contributed by atoms with Crippen molar-refractivity contribution in [3.8, 4) is 11.1 Å². The number of hydrogen-bond acceptors (Lipinski definition) is 1. The zero-order valence-electron chi connectivity index (χ0n) is 14.3. The predicted molar refractivity (Wildman–Crippen MR) is 106 cm³/mol. The number of furan rings is 1. The maximum absolute atomic E-state index is 6.49. The summed E-state index contributed by atoms with van der Waals surface area (Å²) >= 11 is 0. The molecule has 25 heavy (non-hydrogen) atoms. The van der Waals surface area contributed by atoms with Crippen LogP contribution >= 0.6 is 0 Å². The Labute approximate surface area is 146 Å². The Kier molecular flexibility index (Phi) is 2.98. The maximum atomic E-state index is 6.49. The van der Waals surface area contributed by atoms with E-state index in [0.717, 1.165) is 11.2 Å². The first-order valence-corrected chi connectivity index (χ1v) is 8.63. The quantitative estimate of drug-likeness (QED) is 0.323. The van der Waals surface area contributed by atoms with Crippen LogP contribution in [0.3, 0.4) is 0 Å². The molecule has 1 heteroatoms. The predicted octanol–water partition coefficient (Wildman–Crippen LogP) is 7.02. The van der Waals surface area contributed by atoms with Gasteiger partial charge in [-0.15, -0.1) is 0 Å². The molecular weight excluding hydrogens is 304 g/mol. The molecule has 0 fully saturated rings. The summed E-state index contributed by atoms with van der Waals surface area (Å²) in [5.74, 6) is 0. The van der Waals surface area contributed by atoms with Gasteiger partial charge in [-0.25, -0.2) is 0 Å². The van der Waals surface area contributed by atoms with Gasteiger partial charge in [-0.3, -0.25) is 0 Å². The highest BCUT2D eigenvalue weighted by Crippen LogP contribution is 2.40. The second-order valence-corrected chi connectivity index (χ2v) is 6.71. The molecule has 0 saturated heterocycles. The van der Waals surface area contributed by atoms with Crippen LogP contribution < -0.4 is 0 Å². The third-order valence-electron chi connectivity index (χ3n) is 5.15. The molecule has 1 nitrogen and oxygen atoms in total. The van der Waals surface area contributed by atoms with E-state index in [4.69, 9.17) is 4.42 Å². The summed E-state index contributed by atoms with van der Waals surface area (Å²) in [4.78, 5) is 0. The molecular formula is C24H18O. The molecule has 0 bridgehead atoms. The average molecular weight is 322 g/mol. The van der Waals surface area contributed by atoms with Gasteiger partial charge in [-0.05, 0) is 42.0 Å². The van der Waals surface area contributed by atoms with Crippen LogP contribution in [0.1, 0.15) is 11.1 Å². The van der Waals surface area contributed by atoms with Gasteiger partial charge in [0, 0.05) is 21.7 Å². The van der Waals surface area contributed by atoms with E-state index in [-0.39, 0.29) is 0 Å². The van der Waals surface area contributed by atoms with E-state index in [2.05, 4.69) is 86.6 Å². The van der Waals surface area contributed by atoms with Gasteiger partial charge >= 0.3 is 0 Å². The van der Waals surface area contributed by atoms with Crippen molar-refractivity contribution in [1.29, 1.82) is 0 Å². The zero-order chi connectivity index (χ0) is 17.0. The van der Waals surface area contributed by atoms with Crippen molar-refractivity contribution in [1.82, 2.24) is 0 Å². The van der Waals surface area contributed by atoms with Crippen molar-refractivity contribution >= 4 is 32.7 Å². The van der Waals surface area contributed by atoms with Crippen LogP contribution in [0, 0.1) is 13.8 Å². The maximum Gasteiger partial charge on any atom is 0.143 e. The van der Waals surface area contributed by atoms with Gasteiger partial charge in [-0.1, -0.05) is 66.7 Å². The number of hydrogen-bond donors (Lipinski definition) is 0. The highest BCUT2D eigenvalue weighted by atomic mass is 16.3. The van der Waals surface area contributed by atoms with Crippen LogP contribution in [0.5, 0.6) is 0 Å². The molecule has 0 N–H and O–H groups in total. The molecule has 0 aliphatic heterocycles. The third kappa shape index (κ3) is 2.02. The molecule has 120 valence electrons. The van der Waals surface area contributed by atoms with Gasteiger partial charge in [0.15, 0.2) is 0 Å². The summed E-state index contributed by atoms with van der Waals surface area (Å²) in [6, 6.07) is 25.7. The molecule has 1 heterocycles. The van der Waals surface area contributed by atoms with Crippen molar-refractivity contribution < 1.29 is 4.42 Å². The van der Waals surface area contributed by atoms with Gasteiger partial charge in [0.05, 0.1) is 0 Å². The van der Waals surface area contributed by atoms with E-state index in [9.17, 15) is 0 Å². The summed E-state index contributed by atoms with van der Waals surface area (Å²) in [6.07, 6.45) is 0. The third-order valence-corrected chi connectivity index (χ3v) is 5.15. The fourth-order valence-electron chi connectivity index (χ4n) is 3.85. The van der Waals surface area contributed by atoms with Crippen LogP contribution in [0.25, 0.3) is 43.8 Å².